The van der Waals surface area contributed by atoms with Crippen LogP contribution in [0, 0.1) is 50.0 Å². The molecule has 4 fully saturated rings. The summed E-state index contributed by atoms with van der Waals surface area (Å²) < 4.78 is 66.0. The molecule has 0 atom stereocenters. The van der Waals surface area contributed by atoms with E-state index in [1.165, 1.54) is 88.5 Å². The maximum absolute atomic E-state index is 13.2. The molecule has 6 aliphatic rings. The quantitative estimate of drug-likeness (QED) is 0.0506. The standard InChI is InChI=1S/C31H47N5O5S.C30H46N4O4S.CHNO.K/c1-23-19-25(35(4)29(32)38)20-24(2)26(23)12-18-42(39,40)36-16-14-31(15-17-36)28(37)33-27(34-31)11-9-7-5-6-8-10-13-30(3)21-41-22-30;1-23-19-25(31-4)20-24(2)26(23)12-18-39(36,37)34-16-14-30(15-17-34)28(35)32-27(33-30)11-9-7-5-6-8-10-13-29(3)21-38-22-29;2-1-3;/h12,18-20H,5-11,13-17,21-22H2,1-4H3,(H2,32,38)(H,33,34,37);12,18-20,31H,5-11,13-17,21-22H2,1-4H3,(H,32,33,35);3H;/q;;;+1/p-1/b2*18-12+;;. The van der Waals surface area contributed by atoms with Crippen LogP contribution in [0.4, 0.5) is 16.2 Å². The molecule has 6 aliphatic heterocycles. The summed E-state index contributed by atoms with van der Waals surface area (Å²) in [5, 5.41) is 26.6. The van der Waals surface area contributed by atoms with Gasteiger partial charge in [-0.3, -0.25) is 24.5 Å². The summed E-state index contributed by atoms with van der Waals surface area (Å²) in [5.41, 5.74) is 11.6. The fourth-order valence-corrected chi connectivity index (χ4v) is 14.3. The van der Waals surface area contributed by atoms with Gasteiger partial charge in [0.1, 0.15) is 22.7 Å². The van der Waals surface area contributed by atoms with Gasteiger partial charge >= 0.3 is 57.4 Å². The molecule has 4 amide bonds. The zero-order valence-corrected chi connectivity index (χ0v) is 56.8. The number of sulfonamides is 2. The first-order chi connectivity index (χ1) is 39.8. The van der Waals surface area contributed by atoms with Crippen LogP contribution in [0.1, 0.15) is 176 Å². The van der Waals surface area contributed by atoms with Gasteiger partial charge < -0.3 is 36.3 Å². The van der Waals surface area contributed by atoms with Crippen molar-refractivity contribution in [3.05, 3.63) is 68.5 Å². The summed E-state index contributed by atoms with van der Waals surface area (Å²) >= 11 is 0. The van der Waals surface area contributed by atoms with Gasteiger partial charge in [0.05, 0.1) is 26.4 Å². The van der Waals surface area contributed by atoms with Crippen molar-refractivity contribution in [2.75, 3.05) is 76.9 Å². The van der Waals surface area contributed by atoms with Gasteiger partial charge in [-0.15, -0.1) is 0 Å². The fourth-order valence-electron chi connectivity index (χ4n) is 12.0. The first-order valence-corrected chi connectivity index (χ1v) is 33.1. The van der Waals surface area contributed by atoms with Crippen molar-refractivity contribution in [3.63, 3.8) is 0 Å². The number of benzene rings is 2. The molecule has 0 aliphatic carbocycles. The Morgan fingerprint density at radius 2 is 1.00 bits per heavy atom. The van der Waals surface area contributed by atoms with E-state index in [2.05, 4.69) is 29.8 Å². The molecule has 85 heavy (non-hydrogen) atoms. The second kappa shape index (κ2) is 32.4. The number of amidine groups is 2. The van der Waals surface area contributed by atoms with Gasteiger partial charge in [0, 0.05) is 92.4 Å². The van der Waals surface area contributed by atoms with Crippen molar-refractivity contribution in [3.8, 4) is 6.26 Å². The number of nitrogens with two attached hydrogens (primary N) is 1. The maximum atomic E-state index is 13.2. The van der Waals surface area contributed by atoms with Gasteiger partial charge in [-0.25, -0.2) is 26.9 Å². The second-order valence-electron chi connectivity index (χ2n) is 24.7. The second-order valence-corrected chi connectivity index (χ2v) is 28.3. The first-order valence-electron chi connectivity index (χ1n) is 30.1. The molecule has 6 heterocycles. The van der Waals surface area contributed by atoms with E-state index in [4.69, 9.17) is 35.6 Å². The number of amides is 4. The molecule has 0 radical (unpaired) electrons. The van der Waals surface area contributed by atoms with Crippen molar-refractivity contribution in [2.45, 2.75) is 181 Å². The number of piperidine rings is 2. The number of unbranched alkanes of at least 4 members (excludes halogenated alkanes) is 10. The molecule has 0 bridgehead atoms. The van der Waals surface area contributed by atoms with Crippen molar-refractivity contribution >= 4 is 73.1 Å². The van der Waals surface area contributed by atoms with Crippen molar-refractivity contribution < 1.29 is 97.2 Å². The van der Waals surface area contributed by atoms with Gasteiger partial charge in [-0.1, -0.05) is 78.1 Å². The number of aryl methyl sites for hydroxylation is 4. The largest absolute Gasteiger partial charge is 1.00 e. The molecular weight excluding hydrogens is 1150 g/mol. The number of urea groups is 1. The van der Waals surface area contributed by atoms with Crippen molar-refractivity contribution in [1.82, 2.24) is 19.2 Å². The molecule has 4 saturated heterocycles. The molecule has 0 saturated carbocycles. The van der Waals surface area contributed by atoms with Crippen molar-refractivity contribution in [1.29, 1.82) is 5.26 Å². The van der Waals surface area contributed by atoms with E-state index >= 15 is 0 Å². The van der Waals surface area contributed by atoms with E-state index in [0.29, 0.717) is 61.5 Å². The Kier molecular flexibility index (Phi) is 27.3. The molecule has 464 valence electrons. The summed E-state index contributed by atoms with van der Waals surface area (Å²) in [6.45, 7) is 17.0. The van der Waals surface area contributed by atoms with E-state index in [0.717, 1.165) is 116 Å². The molecule has 2 aromatic rings. The Balaban J connectivity index is 0.000000294. The van der Waals surface area contributed by atoms with Crippen molar-refractivity contribution in [2.24, 2.45) is 26.5 Å². The van der Waals surface area contributed by atoms with Gasteiger partial charge in [0.2, 0.25) is 20.0 Å². The fraction of sp³-hybridized carbons (Fsp3) is 0.645. The summed E-state index contributed by atoms with van der Waals surface area (Å²) in [5.74, 6) is 1.33. The third-order valence-electron chi connectivity index (χ3n) is 17.6. The number of ether oxygens (including phenoxy) is 2. The van der Waals surface area contributed by atoms with Crippen LogP contribution >= 0.6 is 0 Å². The van der Waals surface area contributed by atoms with Crippen LogP contribution in [-0.2, 0) is 39.1 Å². The Morgan fingerprint density at radius 1 is 0.671 bits per heavy atom. The first kappa shape index (κ1) is 71.7. The number of anilines is 2. The Morgan fingerprint density at radius 3 is 1.32 bits per heavy atom. The topological polar surface area (TPSA) is 281 Å². The number of primary amides is 1. The zero-order chi connectivity index (χ0) is 61.4. The molecule has 0 aromatic heterocycles. The van der Waals surface area contributed by atoms with Crippen LogP contribution in [0.15, 0.2) is 45.1 Å². The van der Waals surface area contributed by atoms with Gasteiger partial charge in [-0.2, -0.15) is 8.61 Å². The zero-order valence-electron chi connectivity index (χ0n) is 52.1. The average molecular weight is 1240 g/mol. The molecule has 2 aromatic carbocycles. The molecule has 0 unspecified atom stereocenters. The van der Waals surface area contributed by atoms with Crippen LogP contribution < -0.4 is 83.1 Å². The van der Waals surface area contributed by atoms with Gasteiger partial charge in [0.25, 0.3) is 11.8 Å². The van der Waals surface area contributed by atoms with E-state index in [1.807, 2.05) is 46.9 Å². The molecule has 23 heteroatoms. The summed E-state index contributed by atoms with van der Waals surface area (Å²) in [7, 11) is -3.82. The molecule has 20 nitrogen and oxygen atoms in total. The predicted octanol–water partition coefficient (Wildman–Crippen LogP) is 5.64. The molecule has 8 rings (SSSR count). The number of nitrogens with one attached hydrogen (secondary N) is 3. The van der Waals surface area contributed by atoms with E-state index in [9.17, 15) is 31.2 Å². The average Bonchev–Trinajstić information content (AvgIpc) is 3.95. The number of nitrogens with zero attached hydrogens (tertiary/aromatic N) is 6. The Hall–Kier alpha value is -4.06. The number of hydrogen-bond acceptors (Lipinski definition) is 14. The monoisotopic (exact) mass is 1240 g/mol. The normalized spacial score (nSPS) is 19.5. The van der Waals surface area contributed by atoms with E-state index in [-0.39, 0.29) is 76.3 Å². The third-order valence-corrected chi connectivity index (χ3v) is 20.7. The number of nitriles is 1. The minimum absolute atomic E-state index is 0. The smallest absolute Gasteiger partial charge is 0.812 e. The summed E-state index contributed by atoms with van der Waals surface area (Å²) in [4.78, 5) is 48.2. The number of carbonyl (C=O) groups is 3. The van der Waals surface area contributed by atoms with Crippen LogP contribution in [0.3, 0.4) is 0 Å². The summed E-state index contributed by atoms with van der Waals surface area (Å²) in [6, 6.07) is 7.05. The SMILES string of the molecule is CNc1cc(C)c(/C=C/S(=O)(=O)N2CCC3(CC2)N=C(CCCCCCCCC2(C)COC2)NC3=O)c(C)c1.Cc1cc(N(C)C(N)=O)cc(C)c1/C=C/S(=O)(=O)N1CCC2(CC1)N=C(CCCCCCCCC1(C)COC1)NC2=O.N#C[O-].[K+]. The van der Waals surface area contributed by atoms with Crippen LogP contribution in [-0.4, -0.2) is 133 Å². The van der Waals surface area contributed by atoms with E-state index < -0.39 is 37.2 Å². The third kappa shape index (κ3) is 20.0. The molecule has 2 spiro atoms. The minimum atomic E-state index is -3.68. The number of carbonyl (C=O) groups excluding carboxylic acids is 3. The predicted molar refractivity (Wildman–Crippen MR) is 331 cm³/mol. The van der Waals surface area contributed by atoms with Crippen LogP contribution in [0.25, 0.3) is 12.2 Å². The Labute approximate surface area is 549 Å². The molecular formula is C62H93KN10O10S2. The number of rotatable bonds is 26. The number of hydrogen-bond donors (Lipinski definition) is 4. The van der Waals surface area contributed by atoms with Gasteiger partial charge in [0.15, 0.2) is 0 Å². The minimum Gasteiger partial charge on any atom is -0.812 e. The van der Waals surface area contributed by atoms with Gasteiger partial charge in [-0.05, 0) is 149 Å². The van der Waals surface area contributed by atoms with Crippen LogP contribution in [0.2, 0.25) is 0 Å². The Bertz CT molecular complexity index is 2980. The van der Waals surface area contributed by atoms with Crippen LogP contribution in [0.5, 0.6) is 0 Å². The molecule has 5 N–H and O–H groups in total. The van der Waals surface area contributed by atoms with E-state index in [1.54, 1.807) is 31.3 Å². The summed E-state index contributed by atoms with van der Waals surface area (Å²) in [6.07, 6.45) is 23.6. The number of aliphatic imine (C=N–C) groups is 2. The maximum Gasteiger partial charge on any atom is 1.00 e.